The number of nitrogens with zero attached hydrogens (tertiary/aromatic N) is 2. The average Bonchev–Trinajstić information content (AvgIpc) is 3.98. The standard InChI is InChI=1S/C26H24BrNO3.C24H20BrNO3/c1-2-30-26(29)20-13-19(15-28-16-20)22-9-6-10-23(22)24-14-21(27)11-12-25(24)31-17-18-7-4-3-5-8-18;25-19-9-10-23(29-15-16-5-2-1-3-6-16)22(12-19)21-8-4-7-20(21)17-11-18(24(27)28)14-26-13-17/h3-5,7-8,11-16H,2,6,9-10,17H2,1H3;1-3,5-6,9-14H,4,7-8,15H2,(H,27,28). The number of halogens is 2. The molecule has 1 N–H and O–H groups in total. The van der Waals surface area contributed by atoms with E-state index in [2.05, 4.69) is 66.1 Å². The molecule has 2 heterocycles. The fraction of sp³-hybridized carbons (Fsp3) is 0.200. The molecule has 0 fully saturated rings. The van der Waals surface area contributed by atoms with Crippen LogP contribution in [0.2, 0.25) is 0 Å². The lowest BCUT2D eigenvalue weighted by atomic mass is 9.96. The van der Waals surface area contributed by atoms with Gasteiger partial charge in [-0.15, -0.1) is 0 Å². The summed E-state index contributed by atoms with van der Waals surface area (Å²) >= 11 is 7.19. The van der Waals surface area contributed by atoms with Gasteiger partial charge in [0.1, 0.15) is 24.7 Å². The molecule has 6 aromatic rings. The number of ether oxygens (including phenoxy) is 3. The van der Waals surface area contributed by atoms with Crippen molar-refractivity contribution in [3.63, 3.8) is 0 Å². The molecule has 0 bridgehead atoms. The first kappa shape index (κ1) is 42.3. The van der Waals surface area contributed by atoms with E-state index in [9.17, 15) is 14.7 Å². The van der Waals surface area contributed by atoms with E-state index in [0.29, 0.717) is 25.4 Å². The highest BCUT2D eigenvalue weighted by atomic mass is 79.9. The summed E-state index contributed by atoms with van der Waals surface area (Å²) in [6.07, 6.45) is 12.3. The second kappa shape index (κ2) is 20.4. The van der Waals surface area contributed by atoms with Gasteiger partial charge in [-0.25, -0.2) is 9.59 Å². The Balaban J connectivity index is 0.000000182. The molecule has 0 radical (unpaired) electrons. The quantitative estimate of drug-likeness (QED) is 0.114. The number of esters is 1. The van der Waals surface area contributed by atoms with E-state index in [1.807, 2.05) is 85.1 Å². The maximum atomic E-state index is 12.2. The molecular weight excluding hydrogens is 884 g/mol. The zero-order valence-corrected chi connectivity index (χ0v) is 36.4. The van der Waals surface area contributed by atoms with E-state index in [1.165, 1.54) is 22.9 Å². The summed E-state index contributed by atoms with van der Waals surface area (Å²) in [5.74, 6) is 0.380. The van der Waals surface area contributed by atoms with Crippen LogP contribution in [0.1, 0.15) is 99.5 Å². The molecule has 2 aromatic heterocycles. The van der Waals surface area contributed by atoms with Crippen LogP contribution in [0.4, 0.5) is 0 Å². The van der Waals surface area contributed by atoms with Crippen LogP contribution in [-0.2, 0) is 18.0 Å². The average molecular weight is 929 g/mol. The van der Waals surface area contributed by atoms with Crippen molar-refractivity contribution in [2.75, 3.05) is 6.61 Å². The van der Waals surface area contributed by atoms with Crippen LogP contribution in [0.25, 0.3) is 22.3 Å². The number of pyridine rings is 2. The second-order valence-electron chi connectivity index (χ2n) is 14.4. The highest BCUT2D eigenvalue weighted by Crippen LogP contribution is 2.45. The smallest absolute Gasteiger partial charge is 0.339 e. The highest BCUT2D eigenvalue weighted by Gasteiger charge is 2.24. The molecule has 8 nitrogen and oxygen atoms in total. The lowest BCUT2D eigenvalue weighted by Gasteiger charge is -2.15. The van der Waals surface area contributed by atoms with E-state index < -0.39 is 5.97 Å². The number of hydrogen-bond donors (Lipinski definition) is 1. The van der Waals surface area contributed by atoms with Crippen molar-refractivity contribution in [2.24, 2.45) is 0 Å². The number of carbonyl (C=O) groups is 2. The molecule has 10 heteroatoms. The minimum Gasteiger partial charge on any atom is -0.488 e. The van der Waals surface area contributed by atoms with Crippen molar-refractivity contribution < 1.29 is 28.9 Å². The topological polar surface area (TPSA) is 108 Å². The Labute approximate surface area is 367 Å². The van der Waals surface area contributed by atoms with Gasteiger partial charge in [0.25, 0.3) is 0 Å². The fourth-order valence-corrected chi connectivity index (χ4v) is 8.29. The van der Waals surface area contributed by atoms with E-state index in [0.717, 1.165) is 97.9 Å². The van der Waals surface area contributed by atoms with Gasteiger partial charge < -0.3 is 19.3 Å². The summed E-state index contributed by atoms with van der Waals surface area (Å²) in [7, 11) is 0. The van der Waals surface area contributed by atoms with Gasteiger partial charge in [-0.05, 0) is 139 Å². The first-order valence-corrected chi connectivity index (χ1v) is 21.5. The fourth-order valence-electron chi connectivity index (χ4n) is 7.57. The van der Waals surface area contributed by atoms with Gasteiger partial charge in [0.05, 0.1) is 17.7 Å². The summed E-state index contributed by atoms with van der Waals surface area (Å²) in [5, 5.41) is 9.31. The predicted octanol–water partition coefficient (Wildman–Crippen LogP) is 12.9. The molecule has 0 atom stereocenters. The molecule has 2 aliphatic carbocycles. The van der Waals surface area contributed by atoms with Gasteiger partial charge in [-0.3, -0.25) is 9.97 Å². The van der Waals surface area contributed by atoms with E-state index in [4.69, 9.17) is 14.2 Å². The van der Waals surface area contributed by atoms with Crippen LogP contribution in [0.15, 0.2) is 143 Å². The third-order valence-corrected chi connectivity index (χ3v) is 11.4. The molecule has 304 valence electrons. The van der Waals surface area contributed by atoms with Crippen LogP contribution in [-0.4, -0.2) is 33.6 Å². The Bertz CT molecular complexity index is 2540. The second-order valence-corrected chi connectivity index (χ2v) is 16.2. The number of carboxylic acid groups (broad SMARTS) is 1. The number of rotatable bonds is 13. The number of carboxylic acids is 1. The van der Waals surface area contributed by atoms with Gasteiger partial charge in [0.15, 0.2) is 0 Å². The number of aromatic nitrogens is 2. The van der Waals surface area contributed by atoms with E-state index >= 15 is 0 Å². The van der Waals surface area contributed by atoms with Gasteiger partial charge in [-0.1, -0.05) is 92.5 Å². The third kappa shape index (κ3) is 10.7. The van der Waals surface area contributed by atoms with Crippen molar-refractivity contribution in [1.82, 2.24) is 9.97 Å². The Morgan fingerprint density at radius 3 is 1.50 bits per heavy atom. The summed E-state index contributed by atoms with van der Waals surface area (Å²) in [6.45, 7) is 3.15. The van der Waals surface area contributed by atoms with E-state index in [-0.39, 0.29) is 11.5 Å². The van der Waals surface area contributed by atoms with Crippen molar-refractivity contribution in [1.29, 1.82) is 0 Å². The Morgan fingerprint density at radius 2 is 1.03 bits per heavy atom. The number of aromatic carboxylic acids is 1. The zero-order chi connectivity index (χ0) is 41.8. The summed E-state index contributed by atoms with van der Waals surface area (Å²) < 4.78 is 19.5. The van der Waals surface area contributed by atoms with Crippen LogP contribution in [0, 0.1) is 0 Å². The lowest BCUT2D eigenvalue weighted by molar-refractivity contribution is 0.0525. The summed E-state index contributed by atoms with van der Waals surface area (Å²) in [5.41, 5.74) is 11.7. The lowest BCUT2D eigenvalue weighted by Crippen LogP contribution is -2.05. The summed E-state index contributed by atoms with van der Waals surface area (Å²) in [6, 6.07) is 36.0. The highest BCUT2D eigenvalue weighted by molar-refractivity contribution is 9.10. The zero-order valence-electron chi connectivity index (χ0n) is 33.2. The molecular formula is C50H44Br2N2O6. The van der Waals surface area contributed by atoms with Crippen LogP contribution in [0.5, 0.6) is 11.5 Å². The monoisotopic (exact) mass is 926 g/mol. The van der Waals surface area contributed by atoms with Gasteiger partial charge in [-0.2, -0.15) is 0 Å². The SMILES string of the molecule is CCOC(=O)c1cncc(C2=C(c3cc(Br)ccc3OCc3ccccc3)CCC2)c1.O=C(O)c1cncc(C2=C(c3cc(Br)ccc3OCc3ccccc3)CCC2)c1. The molecule has 0 aliphatic heterocycles. The molecule has 60 heavy (non-hydrogen) atoms. The maximum absolute atomic E-state index is 12.2. The number of carbonyl (C=O) groups excluding carboxylic acids is 1. The third-order valence-electron chi connectivity index (χ3n) is 10.4. The first-order chi connectivity index (χ1) is 29.3. The normalized spacial score (nSPS) is 13.4. The van der Waals surface area contributed by atoms with Crippen LogP contribution in [0.3, 0.4) is 0 Å². The Morgan fingerprint density at radius 1 is 0.583 bits per heavy atom. The molecule has 0 saturated heterocycles. The van der Waals surface area contributed by atoms with Gasteiger partial charge in [0, 0.05) is 44.9 Å². The molecule has 0 spiro atoms. The molecule has 8 rings (SSSR count). The van der Waals surface area contributed by atoms with Crippen LogP contribution >= 0.6 is 31.9 Å². The van der Waals surface area contributed by atoms with Gasteiger partial charge >= 0.3 is 11.9 Å². The van der Waals surface area contributed by atoms with Crippen molar-refractivity contribution in [3.05, 3.63) is 187 Å². The number of benzene rings is 4. The minimum atomic E-state index is -0.964. The predicted molar refractivity (Wildman–Crippen MR) is 243 cm³/mol. The minimum absolute atomic E-state index is 0.205. The molecule has 4 aromatic carbocycles. The number of hydrogen-bond acceptors (Lipinski definition) is 7. The van der Waals surface area contributed by atoms with Crippen molar-refractivity contribution in [2.45, 2.75) is 58.7 Å². The molecule has 0 amide bonds. The van der Waals surface area contributed by atoms with Crippen molar-refractivity contribution >= 4 is 66.1 Å². The first-order valence-electron chi connectivity index (χ1n) is 20.0. The Kier molecular flexibility index (Phi) is 14.4. The summed E-state index contributed by atoms with van der Waals surface area (Å²) in [4.78, 5) is 32.0. The number of allylic oxidation sites excluding steroid dienone is 4. The Hall–Kier alpha value is -5.84. The van der Waals surface area contributed by atoms with Crippen molar-refractivity contribution in [3.8, 4) is 11.5 Å². The molecule has 0 unspecified atom stereocenters. The van der Waals surface area contributed by atoms with Crippen LogP contribution < -0.4 is 9.47 Å². The molecule has 0 saturated carbocycles. The largest absolute Gasteiger partial charge is 0.488 e. The van der Waals surface area contributed by atoms with Gasteiger partial charge in [0.2, 0.25) is 0 Å². The molecule has 2 aliphatic rings. The maximum Gasteiger partial charge on any atom is 0.339 e. The van der Waals surface area contributed by atoms with E-state index in [1.54, 1.807) is 25.4 Å².